The van der Waals surface area contributed by atoms with Gasteiger partial charge in [0.25, 0.3) is 5.56 Å². The van der Waals surface area contributed by atoms with Crippen LogP contribution in [-0.4, -0.2) is 26.6 Å². The summed E-state index contributed by atoms with van der Waals surface area (Å²) in [6, 6.07) is 7.45. The van der Waals surface area contributed by atoms with Crippen LogP contribution in [0.2, 0.25) is 0 Å². The predicted molar refractivity (Wildman–Crippen MR) is 113 cm³/mol. The van der Waals surface area contributed by atoms with Crippen LogP contribution in [-0.2, 0) is 17.6 Å². The number of fused-ring (bicyclic) bond motifs is 1. The van der Waals surface area contributed by atoms with E-state index in [9.17, 15) is 20.1 Å². The fourth-order valence-electron chi connectivity index (χ4n) is 3.24. The number of thiophene rings is 1. The standard InChI is InChI=1S/C20H14N6O2S2/c21-7-13-12-4-1-5-15(12)30-19(13)24-16(27)10-29-20-25-17(11-3-2-6-23-9-11)14(8-22)18(28)26-20/h2-3,6,9H,1,4-5,10H2,(H,24,27)(H,25,26,28). The van der Waals surface area contributed by atoms with Crippen LogP contribution in [0.4, 0.5) is 5.00 Å². The van der Waals surface area contributed by atoms with Gasteiger partial charge in [-0.25, -0.2) is 4.98 Å². The van der Waals surface area contributed by atoms with E-state index in [1.165, 1.54) is 17.5 Å². The zero-order valence-corrected chi connectivity index (χ0v) is 17.2. The van der Waals surface area contributed by atoms with Crippen LogP contribution in [0.5, 0.6) is 0 Å². The number of carbonyl (C=O) groups excluding carboxylic acids is 1. The van der Waals surface area contributed by atoms with Gasteiger partial charge in [0.1, 0.15) is 22.7 Å². The van der Waals surface area contributed by atoms with Gasteiger partial charge < -0.3 is 10.3 Å². The van der Waals surface area contributed by atoms with Crippen LogP contribution in [0.1, 0.15) is 28.0 Å². The number of hydrogen-bond donors (Lipinski definition) is 2. The maximum Gasteiger partial charge on any atom is 0.270 e. The summed E-state index contributed by atoms with van der Waals surface area (Å²) in [5.41, 5.74) is 1.68. The van der Waals surface area contributed by atoms with E-state index in [1.807, 2.05) is 6.07 Å². The van der Waals surface area contributed by atoms with Crippen LogP contribution in [0, 0.1) is 22.7 Å². The highest BCUT2D eigenvalue weighted by Gasteiger charge is 2.23. The molecule has 2 N–H and O–H groups in total. The van der Waals surface area contributed by atoms with Crippen LogP contribution >= 0.6 is 23.1 Å². The Balaban J connectivity index is 1.51. The number of rotatable bonds is 5. The number of nitrogens with zero attached hydrogens (tertiary/aromatic N) is 4. The molecule has 0 saturated heterocycles. The summed E-state index contributed by atoms with van der Waals surface area (Å²) in [4.78, 5) is 36.7. The molecule has 3 aromatic rings. The molecule has 8 nitrogen and oxygen atoms in total. The molecular weight excluding hydrogens is 420 g/mol. The highest BCUT2D eigenvalue weighted by atomic mass is 32.2. The smallest absolute Gasteiger partial charge is 0.270 e. The van der Waals surface area contributed by atoms with Gasteiger partial charge in [-0.1, -0.05) is 11.8 Å². The molecule has 3 aromatic heterocycles. The fourth-order valence-corrected chi connectivity index (χ4v) is 5.16. The lowest BCUT2D eigenvalue weighted by molar-refractivity contribution is -0.113. The van der Waals surface area contributed by atoms with Gasteiger partial charge in [-0.05, 0) is 37.0 Å². The molecule has 1 amide bonds. The van der Waals surface area contributed by atoms with Crippen molar-refractivity contribution in [2.24, 2.45) is 0 Å². The minimum Gasteiger partial charge on any atom is -0.316 e. The second kappa shape index (κ2) is 8.49. The molecule has 3 heterocycles. The third-order valence-corrected chi connectivity index (χ3v) is 6.65. The number of hydrogen-bond acceptors (Lipinski definition) is 8. The van der Waals surface area contributed by atoms with E-state index in [2.05, 4.69) is 26.3 Å². The van der Waals surface area contributed by atoms with Gasteiger partial charge in [-0.2, -0.15) is 10.5 Å². The average molecular weight is 435 g/mol. The molecule has 0 radical (unpaired) electrons. The number of nitrogens with one attached hydrogen (secondary N) is 2. The average Bonchev–Trinajstić information content (AvgIpc) is 3.33. The number of H-pyrrole nitrogens is 1. The minimum atomic E-state index is -0.573. The number of aromatic amines is 1. The molecule has 0 bridgehead atoms. The van der Waals surface area contributed by atoms with E-state index >= 15 is 0 Å². The molecule has 0 aliphatic heterocycles. The van der Waals surface area contributed by atoms with Crippen molar-refractivity contribution in [2.45, 2.75) is 24.4 Å². The Hall–Kier alpha value is -3.47. The van der Waals surface area contributed by atoms with Crippen molar-refractivity contribution in [3.63, 3.8) is 0 Å². The summed E-state index contributed by atoms with van der Waals surface area (Å²) in [5.74, 6) is -0.305. The zero-order chi connectivity index (χ0) is 21.1. The van der Waals surface area contributed by atoms with Crippen molar-refractivity contribution in [1.29, 1.82) is 10.5 Å². The topological polar surface area (TPSA) is 135 Å². The fraction of sp³-hybridized carbons (Fsp3) is 0.200. The van der Waals surface area contributed by atoms with Gasteiger partial charge in [-0.15, -0.1) is 11.3 Å². The highest BCUT2D eigenvalue weighted by Crippen LogP contribution is 2.38. The first-order valence-electron chi connectivity index (χ1n) is 9.02. The van der Waals surface area contributed by atoms with Crippen LogP contribution in [0.25, 0.3) is 11.3 Å². The second-order valence-corrected chi connectivity index (χ2v) is 8.53. The molecule has 1 aliphatic rings. The first-order valence-corrected chi connectivity index (χ1v) is 10.8. The number of aromatic nitrogens is 3. The molecule has 148 valence electrons. The number of pyridine rings is 1. The van der Waals surface area contributed by atoms with Gasteiger partial charge in [-0.3, -0.25) is 14.6 Å². The summed E-state index contributed by atoms with van der Waals surface area (Å²) in [7, 11) is 0. The lowest BCUT2D eigenvalue weighted by Gasteiger charge is -2.07. The molecule has 30 heavy (non-hydrogen) atoms. The summed E-state index contributed by atoms with van der Waals surface area (Å²) in [5, 5.41) is 22.3. The van der Waals surface area contributed by atoms with Gasteiger partial charge in [0.15, 0.2) is 5.16 Å². The molecule has 0 atom stereocenters. The summed E-state index contributed by atoms with van der Waals surface area (Å²) in [6.07, 6.45) is 5.94. The molecule has 1 aliphatic carbocycles. The summed E-state index contributed by atoms with van der Waals surface area (Å²) >= 11 is 2.50. The van der Waals surface area contributed by atoms with Gasteiger partial charge in [0, 0.05) is 22.8 Å². The second-order valence-electron chi connectivity index (χ2n) is 6.46. The first-order chi connectivity index (χ1) is 14.6. The first kappa shape index (κ1) is 19.8. The Morgan fingerprint density at radius 3 is 2.87 bits per heavy atom. The zero-order valence-electron chi connectivity index (χ0n) is 15.6. The third-order valence-electron chi connectivity index (χ3n) is 4.57. The van der Waals surface area contributed by atoms with Gasteiger partial charge in [0.2, 0.25) is 5.91 Å². The number of aryl methyl sites for hydroxylation is 1. The normalized spacial score (nSPS) is 12.1. The van der Waals surface area contributed by atoms with Gasteiger partial charge >= 0.3 is 0 Å². The van der Waals surface area contributed by atoms with Crippen molar-refractivity contribution in [2.75, 3.05) is 11.1 Å². The Morgan fingerprint density at radius 2 is 2.13 bits per heavy atom. The molecule has 10 heteroatoms. The molecular formula is C20H14N6O2S2. The SMILES string of the molecule is N#Cc1c(NC(=O)CSc2nc(-c3cccnc3)c(C#N)c(=O)[nH]2)sc2c1CCC2. The predicted octanol–water partition coefficient (Wildman–Crippen LogP) is 2.86. The molecule has 0 fully saturated rings. The van der Waals surface area contributed by atoms with Gasteiger partial charge in [0.05, 0.1) is 17.0 Å². The van der Waals surface area contributed by atoms with E-state index in [0.717, 1.165) is 41.5 Å². The number of carbonyl (C=O) groups is 1. The van der Waals surface area contributed by atoms with E-state index in [-0.39, 0.29) is 28.1 Å². The Bertz CT molecular complexity index is 1270. The van der Waals surface area contributed by atoms with E-state index in [4.69, 9.17) is 0 Å². The molecule has 4 rings (SSSR count). The monoisotopic (exact) mass is 434 g/mol. The van der Waals surface area contributed by atoms with E-state index in [1.54, 1.807) is 18.3 Å². The lowest BCUT2D eigenvalue weighted by Crippen LogP contribution is -2.17. The minimum absolute atomic E-state index is 0.00520. The largest absolute Gasteiger partial charge is 0.316 e. The molecule has 0 aromatic carbocycles. The van der Waals surface area contributed by atoms with Crippen molar-refractivity contribution in [3.05, 3.63) is 56.4 Å². The quantitative estimate of drug-likeness (QED) is 0.465. The summed E-state index contributed by atoms with van der Waals surface area (Å²) in [6.45, 7) is 0. The third kappa shape index (κ3) is 3.83. The Kier molecular flexibility index (Phi) is 5.61. The number of amides is 1. The van der Waals surface area contributed by atoms with Crippen molar-refractivity contribution >= 4 is 34.0 Å². The van der Waals surface area contributed by atoms with E-state index in [0.29, 0.717) is 16.1 Å². The van der Waals surface area contributed by atoms with Crippen molar-refractivity contribution < 1.29 is 4.79 Å². The van der Waals surface area contributed by atoms with Crippen LogP contribution in [0.3, 0.4) is 0 Å². The van der Waals surface area contributed by atoms with Crippen molar-refractivity contribution in [3.8, 4) is 23.4 Å². The van der Waals surface area contributed by atoms with E-state index < -0.39 is 5.56 Å². The maximum absolute atomic E-state index is 12.4. The summed E-state index contributed by atoms with van der Waals surface area (Å²) < 4.78 is 0. The van der Waals surface area contributed by atoms with Crippen LogP contribution < -0.4 is 10.9 Å². The lowest BCUT2D eigenvalue weighted by atomic mass is 10.1. The highest BCUT2D eigenvalue weighted by molar-refractivity contribution is 7.99. The molecule has 0 saturated carbocycles. The maximum atomic E-state index is 12.4. The Labute approximate surface area is 179 Å². The number of nitriles is 2. The van der Waals surface area contributed by atoms with Crippen LogP contribution in [0.15, 0.2) is 34.5 Å². The van der Waals surface area contributed by atoms with Crippen molar-refractivity contribution in [1.82, 2.24) is 15.0 Å². The Morgan fingerprint density at radius 1 is 1.30 bits per heavy atom. The molecule has 0 spiro atoms. The molecule has 0 unspecified atom stereocenters. The number of thioether (sulfide) groups is 1. The number of anilines is 1.